The van der Waals surface area contributed by atoms with Crippen LogP contribution >= 0.6 is 24.0 Å². The van der Waals surface area contributed by atoms with E-state index in [1.165, 1.54) is 12.8 Å². The molecule has 2 aliphatic rings. The van der Waals surface area contributed by atoms with Gasteiger partial charge in [0.2, 0.25) is 0 Å². The molecule has 2 fully saturated rings. The number of guanidine groups is 1. The molecule has 0 bridgehead atoms. The van der Waals surface area contributed by atoms with Gasteiger partial charge in [-0.2, -0.15) is 0 Å². The summed E-state index contributed by atoms with van der Waals surface area (Å²) in [6, 6.07) is 1.26. The van der Waals surface area contributed by atoms with Crippen LogP contribution in [0.2, 0.25) is 0 Å². The lowest BCUT2D eigenvalue weighted by Crippen LogP contribution is -2.42. The van der Waals surface area contributed by atoms with Crippen molar-refractivity contribution in [2.45, 2.75) is 51.3 Å². The Bertz CT molecular complexity index is 322. The van der Waals surface area contributed by atoms with Gasteiger partial charge in [-0.15, -0.1) is 24.0 Å². The summed E-state index contributed by atoms with van der Waals surface area (Å²) in [5.74, 6) is 0.954. The fourth-order valence-electron chi connectivity index (χ4n) is 2.55. The SMILES string of the molecule is CCNC(=NCC(C)N(C)C1CC1)N1CC[C@@H](O)C1.I. The van der Waals surface area contributed by atoms with Gasteiger partial charge in [-0.05, 0) is 40.2 Å². The average molecular weight is 396 g/mol. The van der Waals surface area contributed by atoms with Crippen molar-refractivity contribution in [2.24, 2.45) is 4.99 Å². The van der Waals surface area contributed by atoms with Gasteiger partial charge in [0.1, 0.15) is 0 Å². The molecule has 2 N–H and O–H groups in total. The minimum absolute atomic E-state index is 0. The zero-order valence-electron chi connectivity index (χ0n) is 12.9. The van der Waals surface area contributed by atoms with Crippen molar-refractivity contribution >= 4 is 29.9 Å². The number of nitrogens with one attached hydrogen (secondary N) is 1. The molecule has 1 unspecified atom stereocenters. The third-order valence-electron chi connectivity index (χ3n) is 4.12. The summed E-state index contributed by atoms with van der Waals surface area (Å²) < 4.78 is 0. The number of hydrogen-bond acceptors (Lipinski definition) is 3. The van der Waals surface area contributed by atoms with Gasteiger partial charge in [0, 0.05) is 31.7 Å². The Hall–Kier alpha value is -0.0800. The van der Waals surface area contributed by atoms with Crippen LogP contribution in [-0.2, 0) is 0 Å². The van der Waals surface area contributed by atoms with Crippen molar-refractivity contribution < 1.29 is 5.11 Å². The number of aliphatic hydroxyl groups is 1. The van der Waals surface area contributed by atoms with Gasteiger partial charge >= 0.3 is 0 Å². The molecule has 6 heteroatoms. The number of rotatable bonds is 5. The molecular formula is C14H29IN4O. The van der Waals surface area contributed by atoms with Crippen molar-refractivity contribution in [3.05, 3.63) is 0 Å². The molecule has 0 spiro atoms. The molecule has 1 aliphatic carbocycles. The Morgan fingerprint density at radius 2 is 2.15 bits per heavy atom. The minimum atomic E-state index is -0.199. The Morgan fingerprint density at radius 3 is 2.65 bits per heavy atom. The number of likely N-dealkylation sites (tertiary alicyclic amines) is 1. The van der Waals surface area contributed by atoms with E-state index in [9.17, 15) is 5.11 Å². The molecule has 1 saturated heterocycles. The highest BCUT2D eigenvalue weighted by atomic mass is 127. The normalized spacial score (nSPS) is 24.8. The Kier molecular flexibility index (Phi) is 7.53. The third kappa shape index (κ3) is 5.04. The fourth-order valence-corrected chi connectivity index (χ4v) is 2.55. The smallest absolute Gasteiger partial charge is 0.194 e. The van der Waals surface area contributed by atoms with E-state index in [1.807, 2.05) is 0 Å². The van der Waals surface area contributed by atoms with Crippen LogP contribution in [0.25, 0.3) is 0 Å². The molecule has 2 atom stereocenters. The standard InChI is InChI=1S/C14H28N4O.HI/c1-4-15-14(18-8-7-13(19)10-18)16-9-11(2)17(3)12-5-6-12;/h11-13,19H,4-10H2,1-3H3,(H,15,16);1H/t11?,13-;/m1./s1. The van der Waals surface area contributed by atoms with Crippen LogP contribution in [0.3, 0.4) is 0 Å². The Balaban J connectivity index is 0.00000200. The molecule has 0 aromatic carbocycles. The Morgan fingerprint density at radius 1 is 1.45 bits per heavy atom. The van der Waals surface area contributed by atoms with Gasteiger partial charge in [0.15, 0.2) is 5.96 Å². The number of aliphatic imine (C=N–C) groups is 1. The highest BCUT2D eigenvalue weighted by molar-refractivity contribution is 14.0. The molecule has 2 rings (SSSR count). The van der Waals surface area contributed by atoms with E-state index in [4.69, 9.17) is 4.99 Å². The first kappa shape index (κ1) is 18.0. The van der Waals surface area contributed by atoms with Crippen LogP contribution in [0.4, 0.5) is 0 Å². The zero-order valence-corrected chi connectivity index (χ0v) is 15.2. The summed E-state index contributed by atoms with van der Waals surface area (Å²) in [7, 11) is 2.20. The first-order valence-corrected chi connectivity index (χ1v) is 7.55. The van der Waals surface area contributed by atoms with E-state index in [0.717, 1.165) is 38.1 Å². The van der Waals surface area contributed by atoms with Gasteiger partial charge in [-0.25, -0.2) is 0 Å². The predicted molar refractivity (Wildman–Crippen MR) is 93.8 cm³/mol. The van der Waals surface area contributed by atoms with Crippen LogP contribution in [0.15, 0.2) is 4.99 Å². The number of β-amino-alcohol motifs (C(OH)–C–C–N with tert-alkyl or cyclic N) is 1. The van der Waals surface area contributed by atoms with Gasteiger partial charge in [-0.3, -0.25) is 9.89 Å². The summed E-state index contributed by atoms with van der Waals surface area (Å²) in [5, 5.41) is 13.0. The van der Waals surface area contributed by atoms with Crippen LogP contribution in [-0.4, -0.2) is 72.3 Å². The highest BCUT2D eigenvalue weighted by Crippen LogP contribution is 2.26. The van der Waals surface area contributed by atoms with Crippen molar-refractivity contribution in [3.8, 4) is 0 Å². The largest absolute Gasteiger partial charge is 0.391 e. The maximum Gasteiger partial charge on any atom is 0.194 e. The number of likely N-dealkylation sites (N-methyl/N-ethyl adjacent to an activating group) is 1. The second kappa shape index (κ2) is 8.38. The summed E-state index contributed by atoms with van der Waals surface area (Å²) in [4.78, 5) is 9.34. The summed E-state index contributed by atoms with van der Waals surface area (Å²) in [5.41, 5.74) is 0. The van der Waals surface area contributed by atoms with Crippen LogP contribution in [0.5, 0.6) is 0 Å². The first-order valence-electron chi connectivity index (χ1n) is 7.55. The predicted octanol–water partition coefficient (Wildman–Crippen LogP) is 1.12. The lowest BCUT2D eigenvalue weighted by molar-refractivity contribution is 0.187. The minimum Gasteiger partial charge on any atom is -0.391 e. The molecule has 20 heavy (non-hydrogen) atoms. The van der Waals surface area contributed by atoms with E-state index in [2.05, 4.69) is 36.0 Å². The summed E-state index contributed by atoms with van der Waals surface area (Å²) in [6.07, 6.45) is 3.32. The number of hydrogen-bond donors (Lipinski definition) is 2. The molecule has 118 valence electrons. The second-order valence-electron chi connectivity index (χ2n) is 5.83. The van der Waals surface area contributed by atoms with Gasteiger partial charge in [-0.1, -0.05) is 0 Å². The van der Waals surface area contributed by atoms with Crippen molar-refractivity contribution in [3.63, 3.8) is 0 Å². The van der Waals surface area contributed by atoms with E-state index in [1.54, 1.807) is 0 Å². The molecule has 5 nitrogen and oxygen atoms in total. The highest BCUT2D eigenvalue weighted by Gasteiger charge is 2.29. The molecule has 0 aromatic rings. The third-order valence-corrected chi connectivity index (χ3v) is 4.12. The van der Waals surface area contributed by atoms with E-state index >= 15 is 0 Å². The topological polar surface area (TPSA) is 51.1 Å². The van der Waals surface area contributed by atoms with Crippen LogP contribution in [0, 0.1) is 0 Å². The monoisotopic (exact) mass is 396 g/mol. The van der Waals surface area contributed by atoms with E-state index in [-0.39, 0.29) is 30.1 Å². The lowest BCUT2D eigenvalue weighted by atomic mass is 10.3. The Labute approximate surface area is 139 Å². The maximum atomic E-state index is 9.63. The quantitative estimate of drug-likeness (QED) is 0.416. The lowest BCUT2D eigenvalue weighted by Gasteiger charge is -2.25. The van der Waals surface area contributed by atoms with Crippen LogP contribution < -0.4 is 5.32 Å². The van der Waals surface area contributed by atoms with Gasteiger partial charge in [0.25, 0.3) is 0 Å². The summed E-state index contributed by atoms with van der Waals surface area (Å²) >= 11 is 0. The van der Waals surface area contributed by atoms with Gasteiger partial charge < -0.3 is 15.3 Å². The average Bonchev–Trinajstić information content (AvgIpc) is 3.16. The van der Waals surface area contributed by atoms with Gasteiger partial charge in [0.05, 0.1) is 12.6 Å². The van der Waals surface area contributed by atoms with Crippen molar-refractivity contribution in [1.29, 1.82) is 0 Å². The maximum absolute atomic E-state index is 9.63. The van der Waals surface area contributed by atoms with E-state index < -0.39 is 0 Å². The molecular weight excluding hydrogens is 367 g/mol. The van der Waals surface area contributed by atoms with Crippen molar-refractivity contribution in [2.75, 3.05) is 33.2 Å². The molecule has 1 heterocycles. The van der Waals surface area contributed by atoms with Crippen LogP contribution in [0.1, 0.15) is 33.1 Å². The molecule has 1 aliphatic heterocycles. The molecule has 1 saturated carbocycles. The first-order chi connectivity index (χ1) is 9.11. The zero-order chi connectivity index (χ0) is 13.8. The number of halogens is 1. The fraction of sp³-hybridized carbons (Fsp3) is 0.929. The molecule has 0 radical (unpaired) electrons. The molecule has 0 amide bonds. The number of aliphatic hydroxyl groups excluding tert-OH is 1. The second-order valence-corrected chi connectivity index (χ2v) is 5.83. The van der Waals surface area contributed by atoms with Crippen molar-refractivity contribution in [1.82, 2.24) is 15.1 Å². The summed E-state index contributed by atoms with van der Waals surface area (Å²) in [6.45, 7) is 7.63. The molecule has 0 aromatic heterocycles. The number of nitrogens with zero attached hydrogens (tertiary/aromatic N) is 3. The van der Waals surface area contributed by atoms with E-state index in [0.29, 0.717) is 12.6 Å².